The Labute approximate surface area is 233 Å². The minimum absolute atomic E-state index is 0.0707. The Morgan fingerprint density at radius 3 is 2.80 bits per heavy atom. The number of pyridine rings is 1. The summed E-state index contributed by atoms with van der Waals surface area (Å²) in [5.41, 5.74) is 4.31. The molecule has 4 aromatic rings. The largest absolute Gasteiger partial charge is 0.459 e. The van der Waals surface area contributed by atoms with E-state index in [1.807, 2.05) is 61.7 Å². The minimum Gasteiger partial charge on any atom is -0.459 e. The van der Waals surface area contributed by atoms with Gasteiger partial charge in [0, 0.05) is 6.54 Å². The van der Waals surface area contributed by atoms with Gasteiger partial charge in [-0.25, -0.2) is 18.9 Å². The number of ether oxygens (including phenoxy) is 1. The second-order valence-corrected chi connectivity index (χ2v) is 11.0. The normalized spacial score (nSPS) is 15.5. The fourth-order valence-corrected chi connectivity index (χ4v) is 5.00. The topological polar surface area (TPSA) is 84.6 Å². The van der Waals surface area contributed by atoms with Crippen LogP contribution in [0.4, 0.5) is 10.2 Å². The number of nitrogens with zero attached hydrogens (tertiary/aromatic N) is 5. The van der Waals surface area contributed by atoms with Gasteiger partial charge >= 0.3 is 5.97 Å². The highest BCUT2D eigenvalue weighted by atomic mass is 19.1. The zero-order valence-electron chi connectivity index (χ0n) is 23.2. The van der Waals surface area contributed by atoms with Gasteiger partial charge in [-0.3, -0.25) is 4.79 Å². The van der Waals surface area contributed by atoms with Crippen molar-refractivity contribution in [2.75, 3.05) is 24.5 Å². The van der Waals surface area contributed by atoms with Crippen LogP contribution in [-0.2, 0) is 9.53 Å². The summed E-state index contributed by atoms with van der Waals surface area (Å²) in [5.74, 6) is 0.306. The van der Waals surface area contributed by atoms with Gasteiger partial charge in [-0.15, -0.1) is 5.10 Å². The molecule has 0 aliphatic carbocycles. The first-order chi connectivity index (χ1) is 19.2. The predicted molar refractivity (Wildman–Crippen MR) is 154 cm³/mol. The fourth-order valence-electron chi connectivity index (χ4n) is 5.00. The van der Waals surface area contributed by atoms with Crippen LogP contribution < -0.4 is 10.2 Å². The zero-order valence-corrected chi connectivity index (χ0v) is 23.2. The number of esters is 1. The second-order valence-electron chi connectivity index (χ2n) is 11.0. The summed E-state index contributed by atoms with van der Waals surface area (Å²) in [6.07, 6.45) is 4.36. The Morgan fingerprint density at radius 1 is 1.18 bits per heavy atom. The zero-order chi connectivity index (χ0) is 28.3. The first-order valence-electron chi connectivity index (χ1n) is 13.6. The number of rotatable bonds is 9. The number of hydrogen-bond acceptors (Lipinski definition) is 7. The van der Waals surface area contributed by atoms with Crippen LogP contribution in [0, 0.1) is 5.82 Å². The quantitative estimate of drug-likeness (QED) is 0.217. The number of carbonyl (C=O) groups excluding carboxylic acids is 1. The molecule has 1 atom stereocenters. The molecule has 1 saturated heterocycles. The van der Waals surface area contributed by atoms with Crippen LogP contribution in [0.5, 0.6) is 0 Å². The number of hydrogen-bond donors (Lipinski definition) is 1. The van der Waals surface area contributed by atoms with E-state index in [4.69, 9.17) is 14.8 Å². The van der Waals surface area contributed by atoms with Crippen molar-refractivity contribution >= 4 is 23.0 Å². The number of fused-ring (bicyclic) bond motifs is 1. The molecule has 208 valence electrons. The number of carbonyl (C=O) groups is 1. The molecule has 0 bridgehead atoms. The van der Waals surface area contributed by atoms with Gasteiger partial charge in [0.2, 0.25) is 0 Å². The number of anilines is 1. The lowest BCUT2D eigenvalue weighted by atomic mass is 10.0. The maximum absolute atomic E-state index is 13.9. The van der Waals surface area contributed by atoms with Crippen LogP contribution in [-0.4, -0.2) is 50.8 Å². The molecule has 1 aliphatic rings. The summed E-state index contributed by atoms with van der Waals surface area (Å²) in [6, 6.07) is 16.6. The van der Waals surface area contributed by atoms with E-state index in [1.165, 1.54) is 6.07 Å². The third kappa shape index (κ3) is 6.37. The molecule has 1 aromatic carbocycles. The summed E-state index contributed by atoms with van der Waals surface area (Å²) in [6.45, 7) is 11.3. The third-order valence-corrected chi connectivity index (χ3v) is 6.80. The maximum Gasteiger partial charge on any atom is 0.320 e. The molecule has 40 heavy (non-hydrogen) atoms. The molecular weight excluding hydrogens is 507 g/mol. The molecule has 9 heteroatoms. The first-order valence-corrected chi connectivity index (χ1v) is 13.6. The van der Waals surface area contributed by atoms with E-state index >= 15 is 0 Å². The smallest absolute Gasteiger partial charge is 0.320 e. The second kappa shape index (κ2) is 11.6. The Hall–Kier alpha value is -4.11. The van der Waals surface area contributed by atoms with Gasteiger partial charge in [-0.05, 0) is 94.1 Å². The Morgan fingerprint density at radius 2 is 2.00 bits per heavy atom. The molecule has 1 fully saturated rings. The predicted octanol–water partition coefficient (Wildman–Crippen LogP) is 5.61. The molecule has 0 spiro atoms. The summed E-state index contributed by atoms with van der Waals surface area (Å²) < 4.78 is 21.1. The van der Waals surface area contributed by atoms with Gasteiger partial charge in [-0.2, -0.15) is 0 Å². The van der Waals surface area contributed by atoms with Crippen LogP contribution in [0.1, 0.15) is 57.3 Å². The van der Waals surface area contributed by atoms with Crippen molar-refractivity contribution in [3.63, 3.8) is 0 Å². The van der Waals surface area contributed by atoms with Gasteiger partial charge in [0.05, 0.1) is 30.2 Å². The molecule has 1 aliphatic heterocycles. The number of aromatic nitrogens is 4. The molecule has 5 rings (SSSR count). The van der Waals surface area contributed by atoms with Crippen molar-refractivity contribution in [3.05, 3.63) is 84.4 Å². The van der Waals surface area contributed by atoms with E-state index in [-0.39, 0.29) is 24.4 Å². The minimum atomic E-state index is -0.502. The molecule has 3 aromatic heterocycles. The van der Waals surface area contributed by atoms with E-state index in [2.05, 4.69) is 21.8 Å². The van der Waals surface area contributed by atoms with Crippen molar-refractivity contribution in [3.8, 4) is 11.4 Å². The Bertz CT molecular complexity index is 1530. The van der Waals surface area contributed by atoms with E-state index in [1.54, 1.807) is 18.3 Å². The summed E-state index contributed by atoms with van der Waals surface area (Å²) in [7, 11) is 0. The van der Waals surface area contributed by atoms with Gasteiger partial charge in [0.1, 0.15) is 22.9 Å². The number of nitrogens with one attached hydrogen (secondary N) is 1. The van der Waals surface area contributed by atoms with E-state index in [9.17, 15) is 9.18 Å². The molecule has 4 heterocycles. The Balaban J connectivity index is 1.30. The third-order valence-electron chi connectivity index (χ3n) is 6.80. The number of imidazole rings is 1. The number of halogens is 1. The first kappa shape index (κ1) is 27.5. The SMILES string of the molecule is C=C(CCNCC(=O)OC(C)(C)C)c1cccc(-c2cnc3ccc(N4CCCC4c4cccc(F)c4)nn23)n1. The monoisotopic (exact) mass is 542 g/mol. The fraction of sp³-hybridized carbons (Fsp3) is 0.355. The van der Waals surface area contributed by atoms with Crippen LogP contribution in [0.2, 0.25) is 0 Å². The van der Waals surface area contributed by atoms with Crippen LogP contribution in [0.3, 0.4) is 0 Å². The standard InChI is InChI=1S/C31H35FN6O2/c1-21(15-16-33-20-30(39)40-31(2,3)4)24-10-6-11-25(35-24)27-19-34-28-13-14-29(36-38(27)28)37-17-7-12-26(37)22-8-5-9-23(32)18-22/h5-6,8-11,13-14,18-19,26,33H,1,7,12,15-17,20H2,2-4H3. The molecule has 1 unspecified atom stereocenters. The van der Waals surface area contributed by atoms with E-state index < -0.39 is 5.60 Å². The molecule has 1 N–H and O–H groups in total. The van der Waals surface area contributed by atoms with Gasteiger partial charge in [0.15, 0.2) is 5.65 Å². The van der Waals surface area contributed by atoms with Crippen molar-refractivity contribution < 1.29 is 13.9 Å². The van der Waals surface area contributed by atoms with Crippen molar-refractivity contribution in [1.82, 2.24) is 24.9 Å². The van der Waals surface area contributed by atoms with Crippen molar-refractivity contribution in [2.24, 2.45) is 0 Å². The molecule has 8 nitrogen and oxygen atoms in total. The van der Waals surface area contributed by atoms with Gasteiger partial charge in [-0.1, -0.05) is 24.8 Å². The maximum atomic E-state index is 13.9. The van der Waals surface area contributed by atoms with Crippen LogP contribution in [0.15, 0.2) is 67.4 Å². The van der Waals surface area contributed by atoms with Crippen molar-refractivity contribution in [2.45, 2.75) is 51.7 Å². The lowest BCUT2D eigenvalue weighted by molar-refractivity contribution is -0.153. The molecule has 0 amide bonds. The van der Waals surface area contributed by atoms with E-state index in [0.717, 1.165) is 59.1 Å². The highest BCUT2D eigenvalue weighted by Gasteiger charge is 2.28. The van der Waals surface area contributed by atoms with Crippen molar-refractivity contribution in [1.29, 1.82) is 0 Å². The van der Waals surface area contributed by atoms with E-state index in [0.29, 0.717) is 13.0 Å². The summed E-state index contributed by atoms with van der Waals surface area (Å²) in [4.78, 5) is 23.5. The highest BCUT2D eigenvalue weighted by Crippen LogP contribution is 2.35. The Kier molecular flexibility index (Phi) is 7.93. The highest BCUT2D eigenvalue weighted by molar-refractivity contribution is 5.72. The summed E-state index contributed by atoms with van der Waals surface area (Å²) >= 11 is 0. The molecule has 0 saturated carbocycles. The average molecular weight is 543 g/mol. The number of benzene rings is 1. The molecule has 0 radical (unpaired) electrons. The molecular formula is C31H35FN6O2. The summed E-state index contributed by atoms with van der Waals surface area (Å²) in [5, 5.41) is 8.05. The van der Waals surface area contributed by atoms with Crippen LogP contribution in [0.25, 0.3) is 22.6 Å². The van der Waals surface area contributed by atoms with Crippen LogP contribution >= 0.6 is 0 Å². The lowest BCUT2D eigenvalue weighted by Crippen LogP contribution is -2.31. The average Bonchev–Trinajstić information content (AvgIpc) is 3.57. The van der Waals surface area contributed by atoms with Gasteiger partial charge < -0.3 is 15.0 Å². The van der Waals surface area contributed by atoms with Gasteiger partial charge in [0.25, 0.3) is 0 Å². The lowest BCUT2D eigenvalue weighted by Gasteiger charge is -2.26.